The first-order valence-corrected chi connectivity index (χ1v) is 8.42. The summed E-state index contributed by atoms with van der Waals surface area (Å²) in [6.07, 6.45) is 2.09. The highest BCUT2D eigenvalue weighted by Gasteiger charge is 2.12. The molecule has 1 aromatic rings. The molecule has 0 bridgehead atoms. The topological polar surface area (TPSA) is 72.2 Å². The molecule has 0 aromatic heterocycles. The lowest BCUT2D eigenvalue weighted by Gasteiger charge is -2.12. The number of rotatable bonds is 7. The van der Waals surface area contributed by atoms with Gasteiger partial charge in [-0.05, 0) is 49.6 Å². The zero-order valence-electron chi connectivity index (χ0n) is 10.4. The van der Waals surface area contributed by atoms with E-state index in [1.807, 2.05) is 19.1 Å². The van der Waals surface area contributed by atoms with Crippen LogP contribution in [0.4, 0.5) is 5.69 Å². The van der Waals surface area contributed by atoms with Crippen LogP contribution >= 0.6 is 15.9 Å². The summed E-state index contributed by atoms with van der Waals surface area (Å²) in [4.78, 5) is 0. The summed E-state index contributed by atoms with van der Waals surface area (Å²) in [6.45, 7) is 2.52. The van der Waals surface area contributed by atoms with E-state index in [9.17, 15) is 8.42 Å². The summed E-state index contributed by atoms with van der Waals surface area (Å²) in [5.74, 6) is 0.115. The molecule has 0 fully saturated rings. The van der Waals surface area contributed by atoms with Crippen LogP contribution in [0.2, 0.25) is 0 Å². The maximum Gasteiger partial charge on any atom is 0.232 e. The van der Waals surface area contributed by atoms with Crippen molar-refractivity contribution in [1.82, 2.24) is 0 Å². The van der Waals surface area contributed by atoms with Crippen LogP contribution in [0.5, 0.6) is 0 Å². The van der Waals surface area contributed by atoms with E-state index in [-0.39, 0.29) is 5.75 Å². The first kappa shape index (κ1) is 15.5. The van der Waals surface area contributed by atoms with Crippen LogP contribution in [-0.2, 0) is 16.4 Å². The third-order valence-electron chi connectivity index (χ3n) is 2.58. The first-order valence-electron chi connectivity index (χ1n) is 5.97. The second-order valence-electron chi connectivity index (χ2n) is 4.07. The van der Waals surface area contributed by atoms with Gasteiger partial charge in [0.2, 0.25) is 10.0 Å². The second kappa shape index (κ2) is 7.11. The summed E-state index contributed by atoms with van der Waals surface area (Å²) in [7, 11) is -3.27. The van der Waals surface area contributed by atoms with Gasteiger partial charge in [-0.3, -0.25) is 4.72 Å². The van der Waals surface area contributed by atoms with Gasteiger partial charge in [-0.25, -0.2) is 8.42 Å². The highest BCUT2D eigenvalue weighted by Crippen LogP contribution is 2.22. The Balaban J connectivity index is 2.77. The fourth-order valence-corrected chi connectivity index (χ4v) is 3.24. The highest BCUT2D eigenvalue weighted by molar-refractivity contribution is 9.10. The molecule has 0 atom stereocenters. The van der Waals surface area contributed by atoms with Crippen molar-refractivity contribution in [3.63, 3.8) is 0 Å². The van der Waals surface area contributed by atoms with Crippen molar-refractivity contribution >= 4 is 31.6 Å². The second-order valence-corrected chi connectivity index (χ2v) is 6.83. The van der Waals surface area contributed by atoms with E-state index < -0.39 is 10.0 Å². The Bertz CT molecular complexity index is 489. The van der Waals surface area contributed by atoms with Gasteiger partial charge in [0.05, 0.1) is 11.4 Å². The van der Waals surface area contributed by atoms with Crippen LogP contribution in [-0.4, -0.2) is 20.7 Å². The maximum absolute atomic E-state index is 11.9. The number of anilines is 1. The predicted octanol–water partition coefficient (Wildman–Crippen LogP) is 2.49. The van der Waals surface area contributed by atoms with Crippen molar-refractivity contribution in [1.29, 1.82) is 0 Å². The molecular formula is C12H19BrN2O2S. The molecule has 0 heterocycles. The Morgan fingerprint density at radius 1 is 1.33 bits per heavy atom. The van der Waals surface area contributed by atoms with E-state index in [1.165, 1.54) is 0 Å². The van der Waals surface area contributed by atoms with Crippen LogP contribution in [0.25, 0.3) is 0 Å². The Labute approximate surface area is 117 Å². The van der Waals surface area contributed by atoms with Gasteiger partial charge in [0, 0.05) is 4.47 Å². The minimum atomic E-state index is -3.27. The average Bonchev–Trinajstić information content (AvgIpc) is 2.31. The predicted molar refractivity (Wildman–Crippen MR) is 79.2 cm³/mol. The van der Waals surface area contributed by atoms with Crippen molar-refractivity contribution in [3.05, 3.63) is 28.2 Å². The number of aryl methyl sites for hydroxylation is 1. The molecule has 0 unspecified atom stereocenters. The smallest absolute Gasteiger partial charge is 0.232 e. The van der Waals surface area contributed by atoms with Crippen molar-refractivity contribution < 1.29 is 8.42 Å². The molecule has 0 saturated carbocycles. The molecule has 0 saturated heterocycles. The number of hydrogen-bond donors (Lipinski definition) is 2. The molecule has 3 N–H and O–H groups in total. The molecule has 0 radical (unpaired) electrons. The van der Waals surface area contributed by atoms with Crippen molar-refractivity contribution in [2.45, 2.75) is 26.2 Å². The molecule has 0 aliphatic heterocycles. The molecule has 6 heteroatoms. The number of halogens is 1. The monoisotopic (exact) mass is 334 g/mol. The number of nitrogens with two attached hydrogens (primary N) is 1. The Kier molecular flexibility index (Phi) is 6.11. The van der Waals surface area contributed by atoms with Gasteiger partial charge < -0.3 is 5.73 Å². The summed E-state index contributed by atoms with van der Waals surface area (Å²) in [5, 5.41) is 0. The van der Waals surface area contributed by atoms with Crippen LogP contribution in [0.1, 0.15) is 25.3 Å². The molecule has 4 nitrogen and oxygen atoms in total. The van der Waals surface area contributed by atoms with Crippen molar-refractivity contribution in [3.8, 4) is 0 Å². The van der Waals surface area contributed by atoms with Gasteiger partial charge >= 0.3 is 0 Å². The normalized spacial score (nSPS) is 11.5. The van der Waals surface area contributed by atoms with E-state index in [0.717, 1.165) is 22.9 Å². The SMILES string of the molecule is CCc1cc(Br)ccc1NS(=O)(=O)CCCCN. The standard InChI is InChI=1S/C12H19BrN2O2S/c1-2-10-9-11(13)5-6-12(10)15-18(16,17)8-4-3-7-14/h5-6,9,15H,2-4,7-8,14H2,1H3. The van der Waals surface area contributed by atoms with Crippen molar-refractivity contribution in [2.75, 3.05) is 17.0 Å². The Morgan fingerprint density at radius 3 is 2.67 bits per heavy atom. The third-order valence-corrected chi connectivity index (χ3v) is 4.43. The van der Waals surface area contributed by atoms with Crippen LogP contribution in [0, 0.1) is 0 Å². The molecule has 0 spiro atoms. The summed E-state index contributed by atoms with van der Waals surface area (Å²) < 4.78 is 27.3. The maximum atomic E-state index is 11.9. The van der Waals surface area contributed by atoms with Crippen LogP contribution in [0.15, 0.2) is 22.7 Å². The largest absolute Gasteiger partial charge is 0.330 e. The quantitative estimate of drug-likeness (QED) is 0.752. The lowest BCUT2D eigenvalue weighted by atomic mass is 10.1. The highest BCUT2D eigenvalue weighted by atomic mass is 79.9. The van der Waals surface area contributed by atoms with E-state index in [0.29, 0.717) is 18.7 Å². The number of nitrogens with one attached hydrogen (secondary N) is 1. The lowest BCUT2D eigenvalue weighted by molar-refractivity contribution is 0.597. The van der Waals surface area contributed by atoms with Gasteiger partial charge in [0.1, 0.15) is 0 Å². The van der Waals surface area contributed by atoms with Gasteiger partial charge in [0.15, 0.2) is 0 Å². The van der Waals surface area contributed by atoms with E-state index in [4.69, 9.17) is 5.73 Å². The fourth-order valence-electron chi connectivity index (χ4n) is 1.61. The lowest BCUT2D eigenvalue weighted by Crippen LogP contribution is -2.18. The van der Waals surface area contributed by atoms with Crippen LogP contribution in [0.3, 0.4) is 0 Å². The first-order chi connectivity index (χ1) is 8.48. The minimum absolute atomic E-state index is 0.115. The van der Waals surface area contributed by atoms with Gasteiger partial charge in [-0.15, -0.1) is 0 Å². The van der Waals surface area contributed by atoms with Crippen molar-refractivity contribution in [2.24, 2.45) is 5.73 Å². The summed E-state index contributed by atoms with van der Waals surface area (Å²) in [6, 6.07) is 5.54. The van der Waals surface area contributed by atoms with Crippen LogP contribution < -0.4 is 10.5 Å². The Hall–Kier alpha value is -0.590. The molecule has 102 valence electrons. The zero-order valence-corrected chi connectivity index (χ0v) is 12.9. The molecule has 1 aromatic carbocycles. The molecule has 0 aliphatic carbocycles. The minimum Gasteiger partial charge on any atom is -0.330 e. The molecule has 18 heavy (non-hydrogen) atoms. The van der Waals surface area contributed by atoms with Gasteiger partial charge in [0.25, 0.3) is 0 Å². The van der Waals surface area contributed by atoms with Gasteiger partial charge in [-0.1, -0.05) is 22.9 Å². The number of hydrogen-bond acceptors (Lipinski definition) is 3. The summed E-state index contributed by atoms with van der Waals surface area (Å²) >= 11 is 3.38. The molecule has 1 rings (SSSR count). The third kappa shape index (κ3) is 4.96. The molecule has 0 aliphatic rings. The average molecular weight is 335 g/mol. The molecule has 0 amide bonds. The van der Waals surface area contributed by atoms with E-state index >= 15 is 0 Å². The zero-order chi connectivity index (χ0) is 13.6. The number of sulfonamides is 1. The number of benzene rings is 1. The number of unbranched alkanes of at least 4 members (excludes halogenated alkanes) is 1. The Morgan fingerprint density at radius 2 is 2.06 bits per heavy atom. The van der Waals surface area contributed by atoms with Gasteiger partial charge in [-0.2, -0.15) is 0 Å². The fraction of sp³-hybridized carbons (Fsp3) is 0.500. The summed E-state index contributed by atoms with van der Waals surface area (Å²) in [5.41, 5.74) is 6.99. The van der Waals surface area contributed by atoms with E-state index in [1.54, 1.807) is 6.07 Å². The van der Waals surface area contributed by atoms with E-state index in [2.05, 4.69) is 20.7 Å². The molecular weight excluding hydrogens is 316 g/mol.